The lowest BCUT2D eigenvalue weighted by atomic mass is 9.81. The fourth-order valence-electron chi connectivity index (χ4n) is 1.73. The Balaban J connectivity index is 1.82. The summed E-state index contributed by atoms with van der Waals surface area (Å²) in [6.07, 6.45) is 5.49. The van der Waals surface area contributed by atoms with Crippen LogP contribution in [0.5, 0.6) is 5.88 Å². The normalized spacial score (nSPS) is 24.4. The lowest BCUT2D eigenvalue weighted by molar-refractivity contribution is 0.280. The number of ether oxygens (including phenoxy) is 1. The third kappa shape index (κ3) is 2.56. The summed E-state index contributed by atoms with van der Waals surface area (Å²) in [6, 6.07) is 0.396. The number of aromatic nitrogens is 2. The van der Waals surface area contributed by atoms with Crippen LogP contribution in [-0.2, 0) is 0 Å². The molecule has 0 unspecified atom stereocenters. The van der Waals surface area contributed by atoms with E-state index in [9.17, 15) is 0 Å². The molecule has 0 amide bonds. The van der Waals surface area contributed by atoms with Gasteiger partial charge in [-0.05, 0) is 18.8 Å². The van der Waals surface area contributed by atoms with E-state index in [0.29, 0.717) is 17.8 Å². The molecule has 0 bridgehead atoms. The summed E-state index contributed by atoms with van der Waals surface area (Å²) in [7, 11) is 1.58. The Hall–Kier alpha value is -1.36. The van der Waals surface area contributed by atoms with E-state index in [0.717, 1.165) is 25.2 Å². The molecule has 1 heterocycles. The van der Waals surface area contributed by atoms with Crippen molar-refractivity contribution in [3.63, 3.8) is 0 Å². The summed E-state index contributed by atoms with van der Waals surface area (Å²) in [5, 5.41) is 3.23. The predicted molar refractivity (Wildman–Crippen MR) is 57.8 cm³/mol. The Morgan fingerprint density at radius 1 is 1.53 bits per heavy atom. The molecule has 5 nitrogen and oxygen atoms in total. The van der Waals surface area contributed by atoms with E-state index in [1.165, 1.54) is 0 Å². The average molecular weight is 208 g/mol. The van der Waals surface area contributed by atoms with Crippen LogP contribution in [0.4, 0.5) is 5.82 Å². The lowest BCUT2D eigenvalue weighted by Gasteiger charge is -2.32. The van der Waals surface area contributed by atoms with Crippen molar-refractivity contribution >= 4 is 5.82 Å². The van der Waals surface area contributed by atoms with Gasteiger partial charge < -0.3 is 15.8 Å². The van der Waals surface area contributed by atoms with Gasteiger partial charge in [-0.2, -0.15) is 4.98 Å². The number of rotatable bonds is 4. The van der Waals surface area contributed by atoms with Gasteiger partial charge in [0.15, 0.2) is 0 Å². The highest BCUT2D eigenvalue weighted by Crippen LogP contribution is 2.25. The van der Waals surface area contributed by atoms with Gasteiger partial charge in [0.05, 0.1) is 19.5 Å². The Morgan fingerprint density at radius 2 is 2.33 bits per heavy atom. The van der Waals surface area contributed by atoms with Gasteiger partial charge >= 0.3 is 0 Å². The summed E-state index contributed by atoms with van der Waals surface area (Å²) in [5.41, 5.74) is 5.71. The van der Waals surface area contributed by atoms with Crippen LogP contribution in [0.15, 0.2) is 12.4 Å². The maximum atomic E-state index is 5.71. The van der Waals surface area contributed by atoms with Crippen LogP contribution in [0.1, 0.15) is 12.8 Å². The van der Waals surface area contributed by atoms with Crippen molar-refractivity contribution in [2.45, 2.75) is 18.9 Å². The van der Waals surface area contributed by atoms with E-state index < -0.39 is 0 Å². The number of nitrogens with two attached hydrogens (primary N) is 1. The number of hydrogen-bond donors (Lipinski definition) is 2. The molecule has 5 heteroatoms. The third-order valence-electron chi connectivity index (χ3n) is 2.67. The van der Waals surface area contributed by atoms with Gasteiger partial charge in [-0.3, -0.25) is 4.98 Å². The fraction of sp³-hybridized carbons (Fsp3) is 0.600. The summed E-state index contributed by atoms with van der Waals surface area (Å²) in [5.74, 6) is 1.97. The minimum absolute atomic E-state index is 0.396. The van der Waals surface area contributed by atoms with E-state index in [4.69, 9.17) is 10.5 Å². The second kappa shape index (κ2) is 4.44. The molecule has 1 aliphatic carbocycles. The van der Waals surface area contributed by atoms with Gasteiger partial charge in [0.1, 0.15) is 5.82 Å². The molecule has 1 fully saturated rings. The van der Waals surface area contributed by atoms with Crippen LogP contribution in [0, 0.1) is 5.92 Å². The fourth-order valence-corrected chi connectivity index (χ4v) is 1.73. The zero-order chi connectivity index (χ0) is 10.7. The van der Waals surface area contributed by atoms with Gasteiger partial charge in [-0.1, -0.05) is 0 Å². The molecule has 0 saturated heterocycles. The van der Waals surface area contributed by atoms with Crippen molar-refractivity contribution < 1.29 is 4.74 Å². The van der Waals surface area contributed by atoms with E-state index in [-0.39, 0.29) is 0 Å². The highest BCUT2D eigenvalue weighted by molar-refractivity contribution is 5.33. The molecule has 0 atom stereocenters. The van der Waals surface area contributed by atoms with E-state index >= 15 is 0 Å². The molecule has 0 aromatic carbocycles. The van der Waals surface area contributed by atoms with Crippen LogP contribution >= 0.6 is 0 Å². The van der Waals surface area contributed by atoms with Crippen molar-refractivity contribution in [1.82, 2.24) is 9.97 Å². The first-order valence-electron chi connectivity index (χ1n) is 5.13. The topological polar surface area (TPSA) is 73.1 Å². The van der Waals surface area contributed by atoms with Crippen LogP contribution in [0.3, 0.4) is 0 Å². The van der Waals surface area contributed by atoms with Gasteiger partial charge in [0.25, 0.3) is 0 Å². The lowest BCUT2D eigenvalue weighted by Crippen LogP contribution is -2.39. The second-order valence-corrected chi connectivity index (χ2v) is 3.93. The molecule has 15 heavy (non-hydrogen) atoms. The standard InChI is InChI=1S/C10H16N4O/c1-15-10-6-12-5-9(14-10)13-4-7-2-8(11)3-7/h5-8H,2-4,11H2,1H3,(H,13,14). The van der Waals surface area contributed by atoms with Crippen molar-refractivity contribution in [2.75, 3.05) is 19.0 Å². The highest BCUT2D eigenvalue weighted by atomic mass is 16.5. The monoisotopic (exact) mass is 208 g/mol. The molecule has 0 radical (unpaired) electrons. The molecule has 0 spiro atoms. The quantitative estimate of drug-likeness (QED) is 0.759. The van der Waals surface area contributed by atoms with Crippen molar-refractivity contribution in [2.24, 2.45) is 11.7 Å². The molecule has 2 rings (SSSR count). The van der Waals surface area contributed by atoms with Gasteiger partial charge in [0, 0.05) is 12.6 Å². The zero-order valence-electron chi connectivity index (χ0n) is 8.81. The molecular formula is C10H16N4O. The number of nitrogens with zero attached hydrogens (tertiary/aromatic N) is 2. The Bertz CT molecular complexity index is 325. The average Bonchev–Trinajstić information content (AvgIpc) is 2.23. The number of nitrogens with one attached hydrogen (secondary N) is 1. The summed E-state index contributed by atoms with van der Waals surface area (Å²) < 4.78 is 4.99. The largest absolute Gasteiger partial charge is 0.480 e. The first kappa shape index (κ1) is 10.2. The first-order chi connectivity index (χ1) is 7.28. The highest BCUT2D eigenvalue weighted by Gasteiger charge is 2.25. The number of hydrogen-bond acceptors (Lipinski definition) is 5. The van der Waals surface area contributed by atoms with Crippen LogP contribution in [0.25, 0.3) is 0 Å². The smallest absolute Gasteiger partial charge is 0.233 e. The zero-order valence-corrected chi connectivity index (χ0v) is 8.81. The van der Waals surface area contributed by atoms with E-state index in [1.807, 2.05) is 0 Å². The number of methoxy groups -OCH3 is 1. The predicted octanol–water partition coefficient (Wildman–Crippen LogP) is 0.634. The Morgan fingerprint density at radius 3 is 3.00 bits per heavy atom. The third-order valence-corrected chi connectivity index (χ3v) is 2.67. The van der Waals surface area contributed by atoms with Gasteiger partial charge in [-0.15, -0.1) is 0 Å². The maximum absolute atomic E-state index is 5.71. The van der Waals surface area contributed by atoms with E-state index in [1.54, 1.807) is 19.5 Å². The summed E-state index contributed by atoms with van der Waals surface area (Å²) >= 11 is 0. The molecule has 1 saturated carbocycles. The van der Waals surface area contributed by atoms with Crippen LogP contribution in [0.2, 0.25) is 0 Å². The molecule has 0 aliphatic heterocycles. The Kier molecular flexibility index (Phi) is 3.01. The SMILES string of the molecule is COc1cncc(NCC2CC(N)C2)n1. The maximum Gasteiger partial charge on any atom is 0.233 e. The molecule has 3 N–H and O–H groups in total. The molecule has 1 aromatic heterocycles. The van der Waals surface area contributed by atoms with Gasteiger partial charge in [-0.25, -0.2) is 0 Å². The van der Waals surface area contributed by atoms with Gasteiger partial charge in [0.2, 0.25) is 5.88 Å². The number of anilines is 1. The Labute approximate surface area is 89.1 Å². The molecule has 1 aromatic rings. The minimum atomic E-state index is 0.396. The first-order valence-corrected chi connectivity index (χ1v) is 5.13. The summed E-state index contributed by atoms with van der Waals surface area (Å²) in [6.45, 7) is 0.912. The summed E-state index contributed by atoms with van der Waals surface area (Å²) in [4.78, 5) is 8.23. The molecule has 1 aliphatic rings. The van der Waals surface area contributed by atoms with Crippen LogP contribution in [-0.4, -0.2) is 29.7 Å². The van der Waals surface area contributed by atoms with Crippen LogP contribution < -0.4 is 15.8 Å². The molecular weight excluding hydrogens is 192 g/mol. The van der Waals surface area contributed by atoms with Crippen molar-refractivity contribution in [3.05, 3.63) is 12.4 Å². The van der Waals surface area contributed by atoms with Crippen molar-refractivity contribution in [1.29, 1.82) is 0 Å². The second-order valence-electron chi connectivity index (χ2n) is 3.93. The minimum Gasteiger partial charge on any atom is -0.480 e. The van der Waals surface area contributed by atoms with E-state index in [2.05, 4.69) is 15.3 Å². The molecule has 82 valence electrons. The van der Waals surface area contributed by atoms with Crippen molar-refractivity contribution in [3.8, 4) is 5.88 Å².